The van der Waals surface area contributed by atoms with E-state index in [0.717, 1.165) is 32.1 Å². The van der Waals surface area contributed by atoms with Crippen molar-refractivity contribution >= 4 is 23.3 Å². The van der Waals surface area contributed by atoms with E-state index in [2.05, 4.69) is 17.6 Å². The van der Waals surface area contributed by atoms with Gasteiger partial charge in [0.15, 0.2) is 0 Å². The van der Waals surface area contributed by atoms with E-state index >= 15 is 0 Å². The molecule has 2 amide bonds. The number of urea groups is 1. The van der Waals surface area contributed by atoms with Crippen LogP contribution in [-0.2, 0) is 0 Å². The summed E-state index contributed by atoms with van der Waals surface area (Å²) in [6.45, 7) is 2.46. The average Bonchev–Trinajstić information content (AvgIpc) is 2.49. The highest BCUT2D eigenvalue weighted by Gasteiger charge is 2.32. The second-order valence-corrected chi connectivity index (χ2v) is 6.27. The molecule has 4 nitrogen and oxygen atoms in total. The predicted molar refractivity (Wildman–Crippen MR) is 85.7 cm³/mol. The van der Waals surface area contributed by atoms with Crippen LogP contribution in [0.2, 0.25) is 5.02 Å². The van der Waals surface area contributed by atoms with Gasteiger partial charge in [0.05, 0.1) is 16.3 Å². The van der Waals surface area contributed by atoms with Gasteiger partial charge in [0.2, 0.25) is 0 Å². The summed E-state index contributed by atoms with van der Waals surface area (Å²) in [5, 5.41) is 16.4. The van der Waals surface area contributed by atoms with Gasteiger partial charge in [0.25, 0.3) is 0 Å². The smallest absolute Gasteiger partial charge is 0.319 e. The number of hydrogen-bond acceptors (Lipinski definition) is 2. The van der Waals surface area contributed by atoms with Crippen LogP contribution in [0.4, 0.5) is 10.5 Å². The van der Waals surface area contributed by atoms with Crippen LogP contribution < -0.4 is 10.6 Å². The van der Waals surface area contributed by atoms with E-state index in [-0.39, 0.29) is 12.6 Å². The van der Waals surface area contributed by atoms with Crippen molar-refractivity contribution in [2.75, 3.05) is 11.9 Å². The second-order valence-electron chi connectivity index (χ2n) is 5.86. The third-order valence-corrected chi connectivity index (χ3v) is 4.64. The van der Waals surface area contributed by atoms with Gasteiger partial charge in [-0.3, -0.25) is 0 Å². The first-order valence-corrected chi connectivity index (χ1v) is 7.92. The van der Waals surface area contributed by atoms with E-state index in [1.54, 1.807) is 24.3 Å². The van der Waals surface area contributed by atoms with Crippen LogP contribution in [-0.4, -0.2) is 23.3 Å². The number of anilines is 1. The zero-order valence-electron chi connectivity index (χ0n) is 12.4. The summed E-state index contributed by atoms with van der Waals surface area (Å²) in [4.78, 5) is 11.9. The standard InChI is InChI=1S/C16H23ClN2O2/c1-2-12-7-9-16(21,10-8-12)11-18-15(20)19-14-6-4-3-5-13(14)17/h3-6,12,21H,2,7-11H2,1H3,(H2,18,19,20). The molecule has 5 heteroatoms. The quantitative estimate of drug-likeness (QED) is 0.792. The Morgan fingerprint density at radius 1 is 1.38 bits per heavy atom. The summed E-state index contributed by atoms with van der Waals surface area (Å²) in [7, 11) is 0. The first kappa shape index (κ1) is 16.1. The molecule has 1 saturated carbocycles. The zero-order chi connectivity index (χ0) is 15.3. The molecular weight excluding hydrogens is 288 g/mol. The highest BCUT2D eigenvalue weighted by atomic mass is 35.5. The maximum absolute atomic E-state index is 11.9. The normalized spacial score (nSPS) is 25.4. The van der Waals surface area contributed by atoms with E-state index < -0.39 is 5.60 Å². The first-order valence-electron chi connectivity index (χ1n) is 7.54. The number of hydrogen-bond donors (Lipinski definition) is 3. The van der Waals surface area contributed by atoms with Crippen LogP contribution in [0.15, 0.2) is 24.3 Å². The van der Waals surface area contributed by atoms with Crippen LogP contribution in [0.25, 0.3) is 0 Å². The predicted octanol–water partition coefficient (Wildman–Crippen LogP) is 3.79. The molecule has 116 valence electrons. The molecule has 3 N–H and O–H groups in total. The highest BCUT2D eigenvalue weighted by Crippen LogP contribution is 2.33. The van der Waals surface area contributed by atoms with Crippen LogP contribution in [0.5, 0.6) is 0 Å². The Balaban J connectivity index is 1.80. The Labute approximate surface area is 130 Å². The zero-order valence-corrected chi connectivity index (χ0v) is 13.1. The molecule has 1 aromatic rings. The minimum absolute atomic E-state index is 0.278. The molecule has 0 atom stereocenters. The van der Waals surface area contributed by atoms with Gasteiger partial charge in [0, 0.05) is 6.54 Å². The molecule has 2 rings (SSSR count). The van der Waals surface area contributed by atoms with Crippen molar-refractivity contribution in [2.24, 2.45) is 5.92 Å². The summed E-state index contributed by atoms with van der Waals surface area (Å²) in [6.07, 6.45) is 4.72. The van der Waals surface area contributed by atoms with E-state index in [0.29, 0.717) is 16.6 Å². The molecule has 1 aliphatic carbocycles. The number of amides is 2. The van der Waals surface area contributed by atoms with Gasteiger partial charge in [-0.15, -0.1) is 0 Å². The van der Waals surface area contributed by atoms with Crippen molar-refractivity contribution in [2.45, 2.75) is 44.6 Å². The SMILES string of the molecule is CCC1CCC(O)(CNC(=O)Nc2ccccc2Cl)CC1. The van der Waals surface area contributed by atoms with Crippen molar-refractivity contribution in [1.29, 1.82) is 0 Å². The third kappa shape index (κ3) is 4.61. The monoisotopic (exact) mass is 310 g/mol. The van der Waals surface area contributed by atoms with Gasteiger partial charge in [-0.1, -0.05) is 37.1 Å². The molecule has 0 bridgehead atoms. The number of benzene rings is 1. The fourth-order valence-corrected chi connectivity index (χ4v) is 2.96. The van der Waals surface area contributed by atoms with Crippen molar-refractivity contribution < 1.29 is 9.90 Å². The van der Waals surface area contributed by atoms with Gasteiger partial charge in [-0.2, -0.15) is 0 Å². The van der Waals surface area contributed by atoms with Crippen LogP contribution >= 0.6 is 11.6 Å². The topological polar surface area (TPSA) is 61.4 Å². The lowest BCUT2D eigenvalue weighted by atomic mass is 9.78. The lowest BCUT2D eigenvalue weighted by Gasteiger charge is -2.35. The highest BCUT2D eigenvalue weighted by molar-refractivity contribution is 6.33. The number of carbonyl (C=O) groups is 1. The Hall–Kier alpha value is -1.26. The van der Waals surface area contributed by atoms with E-state index in [1.165, 1.54) is 0 Å². The second kappa shape index (κ2) is 7.14. The molecule has 0 heterocycles. The minimum atomic E-state index is -0.774. The summed E-state index contributed by atoms with van der Waals surface area (Å²) in [5.41, 5.74) is -0.206. The Kier molecular flexibility index (Phi) is 5.48. The molecule has 0 saturated heterocycles. The molecule has 1 aromatic carbocycles. The number of carbonyl (C=O) groups excluding carboxylic acids is 1. The minimum Gasteiger partial charge on any atom is -0.388 e. The van der Waals surface area contributed by atoms with Crippen molar-refractivity contribution in [3.63, 3.8) is 0 Å². The number of para-hydroxylation sites is 1. The Morgan fingerprint density at radius 3 is 2.67 bits per heavy atom. The van der Waals surface area contributed by atoms with Gasteiger partial charge in [-0.25, -0.2) is 4.79 Å². The summed E-state index contributed by atoms with van der Waals surface area (Å²) in [5.74, 6) is 0.710. The Morgan fingerprint density at radius 2 is 2.05 bits per heavy atom. The molecule has 21 heavy (non-hydrogen) atoms. The third-order valence-electron chi connectivity index (χ3n) is 4.31. The maximum Gasteiger partial charge on any atom is 0.319 e. The lowest BCUT2D eigenvalue weighted by molar-refractivity contribution is -0.00611. The maximum atomic E-state index is 11.9. The molecule has 0 aliphatic heterocycles. The number of aliphatic hydroxyl groups is 1. The van der Waals surface area contributed by atoms with Gasteiger partial charge in [-0.05, 0) is 43.7 Å². The molecular formula is C16H23ClN2O2. The molecule has 0 unspecified atom stereocenters. The molecule has 0 aromatic heterocycles. The lowest BCUT2D eigenvalue weighted by Crippen LogP contribution is -2.46. The van der Waals surface area contributed by atoms with Crippen LogP contribution in [0.1, 0.15) is 39.0 Å². The number of rotatable bonds is 4. The van der Waals surface area contributed by atoms with E-state index in [4.69, 9.17) is 11.6 Å². The summed E-state index contributed by atoms with van der Waals surface area (Å²) >= 11 is 5.98. The molecule has 0 spiro atoms. The fourth-order valence-electron chi connectivity index (χ4n) is 2.77. The van der Waals surface area contributed by atoms with Crippen molar-refractivity contribution in [3.05, 3.63) is 29.3 Å². The summed E-state index contributed by atoms with van der Waals surface area (Å²) < 4.78 is 0. The van der Waals surface area contributed by atoms with Gasteiger partial charge < -0.3 is 15.7 Å². The van der Waals surface area contributed by atoms with E-state index in [9.17, 15) is 9.90 Å². The van der Waals surface area contributed by atoms with E-state index in [1.807, 2.05) is 0 Å². The number of halogens is 1. The van der Waals surface area contributed by atoms with Crippen LogP contribution in [0.3, 0.4) is 0 Å². The number of nitrogens with one attached hydrogen (secondary N) is 2. The summed E-state index contributed by atoms with van der Waals surface area (Å²) in [6, 6.07) is 6.73. The van der Waals surface area contributed by atoms with Crippen molar-refractivity contribution in [3.8, 4) is 0 Å². The fraction of sp³-hybridized carbons (Fsp3) is 0.562. The van der Waals surface area contributed by atoms with Gasteiger partial charge >= 0.3 is 6.03 Å². The van der Waals surface area contributed by atoms with Crippen molar-refractivity contribution in [1.82, 2.24) is 5.32 Å². The van der Waals surface area contributed by atoms with Crippen LogP contribution in [0, 0.1) is 5.92 Å². The molecule has 1 aliphatic rings. The molecule has 1 fully saturated rings. The Bertz CT molecular complexity index is 485. The average molecular weight is 311 g/mol. The molecule has 0 radical (unpaired) electrons. The first-order chi connectivity index (χ1) is 10.0. The van der Waals surface area contributed by atoms with Gasteiger partial charge in [0.1, 0.15) is 0 Å². The largest absolute Gasteiger partial charge is 0.388 e.